The standard InChI is InChI=1S/C16H26N2O3.ClH/c1-5-21-16-14(19-3)8-13(9-15(16)20-4)11-18-7-6-17-12(2)10-18;/h8-9,12,17H,5-7,10-11H2,1-4H3;1H/t12-;/m1./s1. The highest BCUT2D eigenvalue weighted by molar-refractivity contribution is 5.85. The predicted octanol–water partition coefficient (Wildman–Crippen LogP) is 2.32. The predicted molar refractivity (Wildman–Crippen MR) is 90.7 cm³/mol. The van der Waals surface area contributed by atoms with Gasteiger partial charge >= 0.3 is 0 Å². The van der Waals surface area contributed by atoms with Crippen molar-refractivity contribution in [2.24, 2.45) is 0 Å². The smallest absolute Gasteiger partial charge is 0.203 e. The fraction of sp³-hybridized carbons (Fsp3) is 0.625. The molecule has 0 aliphatic carbocycles. The first-order valence-electron chi connectivity index (χ1n) is 7.51. The van der Waals surface area contributed by atoms with Crippen molar-refractivity contribution in [1.82, 2.24) is 10.2 Å². The number of nitrogens with one attached hydrogen (secondary N) is 1. The molecule has 1 saturated heterocycles. The maximum absolute atomic E-state index is 5.64. The van der Waals surface area contributed by atoms with Gasteiger partial charge in [-0.2, -0.15) is 0 Å². The van der Waals surface area contributed by atoms with Gasteiger partial charge in [0.25, 0.3) is 0 Å². The quantitative estimate of drug-likeness (QED) is 0.867. The first-order valence-corrected chi connectivity index (χ1v) is 7.51. The molecule has 1 aliphatic heterocycles. The lowest BCUT2D eigenvalue weighted by atomic mass is 10.1. The van der Waals surface area contributed by atoms with E-state index < -0.39 is 0 Å². The Hall–Kier alpha value is -1.17. The molecule has 1 aliphatic rings. The number of methoxy groups -OCH3 is 2. The fourth-order valence-electron chi connectivity index (χ4n) is 2.73. The summed E-state index contributed by atoms with van der Waals surface area (Å²) in [6.45, 7) is 8.79. The van der Waals surface area contributed by atoms with E-state index in [0.29, 0.717) is 18.4 Å². The molecule has 2 rings (SSSR count). The molecule has 1 atom stereocenters. The Kier molecular flexibility index (Phi) is 7.79. The minimum absolute atomic E-state index is 0. The molecule has 22 heavy (non-hydrogen) atoms. The van der Waals surface area contributed by atoms with Crippen LogP contribution in [0.2, 0.25) is 0 Å². The van der Waals surface area contributed by atoms with Gasteiger partial charge in [0.05, 0.1) is 20.8 Å². The Balaban J connectivity index is 0.00000242. The van der Waals surface area contributed by atoms with E-state index in [0.717, 1.165) is 37.7 Å². The Morgan fingerprint density at radius 3 is 2.36 bits per heavy atom. The molecule has 0 spiro atoms. The summed E-state index contributed by atoms with van der Waals surface area (Å²) in [5.74, 6) is 2.14. The highest BCUT2D eigenvalue weighted by Crippen LogP contribution is 2.38. The Morgan fingerprint density at radius 2 is 1.86 bits per heavy atom. The molecule has 1 aromatic carbocycles. The van der Waals surface area contributed by atoms with E-state index in [1.54, 1.807) is 14.2 Å². The number of nitrogens with zero attached hydrogens (tertiary/aromatic N) is 1. The zero-order valence-electron chi connectivity index (χ0n) is 13.8. The van der Waals surface area contributed by atoms with Gasteiger partial charge in [-0.15, -0.1) is 12.4 Å². The fourth-order valence-corrected chi connectivity index (χ4v) is 2.73. The van der Waals surface area contributed by atoms with Crippen molar-refractivity contribution in [3.05, 3.63) is 17.7 Å². The minimum atomic E-state index is 0. The van der Waals surface area contributed by atoms with Crippen molar-refractivity contribution in [2.75, 3.05) is 40.5 Å². The second-order valence-electron chi connectivity index (χ2n) is 5.35. The van der Waals surface area contributed by atoms with Crippen LogP contribution in [0.15, 0.2) is 12.1 Å². The highest BCUT2D eigenvalue weighted by atomic mass is 35.5. The minimum Gasteiger partial charge on any atom is -0.493 e. The molecule has 0 amide bonds. The second-order valence-corrected chi connectivity index (χ2v) is 5.35. The first kappa shape index (κ1) is 18.9. The molecule has 0 saturated carbocycles. The van der Waals surface area contributed by atoms with Gasteiger partial charge < -0.3 is 19.5 Å². The van der Waals surface area contributed by atoms with Gasteiger partial charge in [-0.05, 0) is 31.5 Å². The van der Waals surface area contributed by atoms with Gasteiger partial charge in [-0.25, -0.2) is 0 Å². The van der Waals surface area contributed by atoms with Gasteiger partial charge in [-0.3, -0.25) is 4.90 Å². The van der Waals surface area contributed by atoms with Gasteiger partial charge in [0.1, 0.15) is 0 Å². The summed E-state index contributed by atoms with van der Waals surface area (Å²) in [6, 6.07) is 4.62. The van der Waals surface area contributed by atoms with Crippen LogP contribution in [-0.2, 0) is 6.54 Å². The van der Waals surface area contributed by atoms with Crippen LogP contribution in [-0.4, -0.2) is 51.4 Å². The van der Waals surface area contributed by atoms with E-state index in [1.165, 1.54) is 5.56 Å². The number of ether oxygens (including phenoxy) is 3. The van der Waals surface area contributed by atoms with Crippen molar-refractivity contribution in [2.45, 2.75) is 26.4 Å². The van der Waals surface area contributed by atoms with E-state index in [9.17, 15) is 0 Å². The van der Waals surface area contributed by atoms with Crippen LogP contribution in [0.5, 0.6) is 17.2 Å². The summed E-state index contributed by atoms with van der Waals surface area (Å²) in [7, 11) is 3.32. The third kappa shape index (κ3) is 4.66. The third-order valence-electron chi connectivity index (χ3n) is 3.67. The van der Waals surface area contributed by atoms with Crippen molar-refractivity contribution in [3.8, 4) is 17.2 Å². The lowest BCUT2D eigenvalue weighted by molar-refractivity contribution is 0.199. The normalized spacial score (nSPS) is 18.5. The number of hydrogen-bond acceptors (Lipinski definition) is 5. The van der Waals surface area contributed by atoms with Gasteiger partial charge in [0.15, 0.2) is 11.5 Å². The average Bonchev–Trinajstić information content (AvgIpc) is 2.48. The summed E-state index contributed by atoms with van der Waals surface area (Å²) in [5, 5.41) is 3.46. The monoisotopic (exact) mass is 330 g/mol. The van der Waals surface area contributed by atoms with Crippen LogP contribution in [0, 0.1) is 0 Å². The van der Waals surface area contributed by atoms with Gasteiger partial charge in [0.2, 0.25) is 5.75 Å². The molecule has 1 N–H and O–H groups in total. The van der Waals surface area contributed by atoms with Crippen LogP contribution < -0.4 is 19.5 Å². The average molecular weight is 331 g/mol. The molecule has 6 heteroatoms. The van der Waals surface area contributed by atoms with Crippen molar-refractivity contribution in [1.29, 1.82) is 0 Å². The molecular weight excluding hydrogens is 304 g/mol. The number of halogens is 1. The SMILES string of the molecule is CCOc1c(OC)cc(CN2CCN[C@H](C)C2)cc1OC.Cl. The van der Waals surface area contributed by atoms with E-state index in [4.69, 9.17) is 14.2 Å². The molecule has 126 valence electrons. The number of rotatable bonds is 6. The first-order chi connectivity index (χ1) is 10.2. The molecule has 0 radical (unpaired) electrons. The van der Waals surface area contributed by atoms with E-state index in [1.807, 2.05) is 19.1 Å². The van der Waals surface area contributed by atoms with E-state index >= 15 is 0 Å². The second kappa shape index (κ2) is 9.08. The zero-order valence-corrected chi connectivity index (χ0v) is 14.7. The van der Waals surface area contributed by atoms with Crippen LogP contribution in [0.4, 0.5) is 0 Å². The van der Waals surface area contributed by atoms with Crippen LogP contribution in [0.3, 0.4) is 0 Å². The molecular formula is C16H27ClN2O3. The van der Waals surface area contributed by atoms with Crippen molar-refractivity contribution < 1.29 is 14.2 Å². The maximum atomic E-state index is 5.64. The summed E-state index contributed by atoms with van der Waals surface area (Å²) >= 11 is 0. The van der Waals surface area contributed by atoms with Gasteiger partial charge in [-0.1, -0.05) is 0 Å². The molecule has 5 nitrogen and oxygen atoms in total. The largest absolute Gasteiger partial charge is 0.493 e. The van der Waals surface area contributed by atoms with Crippen LogP contribution >= 0.6 is 12.4 Å². The van der Waals surface area contributed by atoms with Crippen molar-refractivity contribution >= 4 is 12.4 Å². The molecule has 0 bridgehead atoms. The Bertz CT molecular complexity index is 446. The zero-order chi connectivity index (χ0) is 15.2. The van der Waals surface area contributed by atoms with Crippen molar-refractivity contribution in [3.63, 3.8) is 0 Å². The third-order valence-corrected chi connectivity index (χ3v) is 3.67. The molecule has 1 fully saturated rings. The highest BCUT2D eigenvalue weighted by Gasteiger charge is 2.18. The van der Waals surface area contributed by atoms with E-state index in [-0.39, 0.29) is 12.4 Å². The number of piperazine rings is 1. The van der Waals surface area contributed by atoms with Crippen LogP contribution in [0.25, 0.3) is 0 Å². The lowest BCUT2D eigenvalue weighted by Gasteiger charge is -2.32. The maximum Gasteiger partial charge on any atom is 0.203 e. The number of hydrogen-bond donors (Lipinski definition) is 1. The lowest BCUT2D eigenvalue weighted by Crippen LogP contribution is -2.48. The topological polar surface area (TPSA) is 43.0 Å². The summed E-state index contributed by atoms with van der Waals surface area (Å²) in [6.07, 6.45) is 0. The molecule has 1 heterocycles. The Morgan fingerprint density at radius 1 is 1.23 bits per heavy atom. The molecule has 0 unspecified atom stereocenters. The summed E-state index contributed by atoms with van der Waals surface area (Å²) in [4.78, 5) is 2.44. The number of benzene rings is 1. The van der Waals surface area contributed by atoms with Gasteiger partial charge in [0, 0.05) is 32.2 Å². The summed E-state index contributed by atoms with van der Waals surface area (Å²) in [5.41, 5.74) is 1.18. The molecule has 1 aromatic rings. The molecule has 0 aromatic heterocycles. The summed E-state index contributed by atoms with van der Waals surface area (Å²) < 4.78 is 16.5. The van der Waals surface area contributed by atoms with Crippen LogP contribution in [0.1, 0.15) is 19.4 Å². The Labute approximate surface area is 139 Å². The van der Waals surface area contributed by atoms with E-state index in [2.05, 4.69) is 17.1 Å².